The molecule has 3 aromatic rings. The monoisotopic (exact) mass is 544 g/mol. The number of aliphatic hydroxyl groups excluding tert-OH is 1. The van der Waals surface area contributed by atoms with Crippen molar-refractivity contribution in [3.05, 3.63) is 57.7 Å². The molecule has 2 N–H and O–H groups in total. The van der Waals surface area contributed by atoms with E-state index in [1.54, 1.807) is 45.0 Å². The van der Waals surface area contributed by atoms with Crippen LogP contribution >= 0.6 is 0 Å². The number of hydrogen-bond donors (Lipinski definition) is 2. The molecule has 1 fully saturated rings. The highest BCUT2D eigenvalue weighted by molar-refractivity contribution is 5.88. The Bertz CT molecular complexity index is 1380. The lowest BCUT2D eigenvalue weighted by Crippen LogP contribution is -2.65. The number of methoxy groups -OCH3 is 1. The standard InChI is InChI=1S/C28H36N2O9/c1-15-8-10-18(29-15)26(33)38-24-22(32)27(39-28(3,4)25(24)34-7)36-19-11-9-17-20(35-13-12-30(5)6)14-21(31)37-23(17)16(19)2/h8-11,14,22,24-25,27,29,32H,12-13H2,1-7H3/t22-,24+,25-,27-/m1/s1. The maximum absolute atomic E-state index is 12.8. The average Bonchev–Trinajstić information content (AvgIpc) is 3.30. The van der Waals surface area contributed by atoms with Crippen LogP contribution in [0.1, 0.15) is 35.6 Å². The number of benzene rings is 1. The summed E-state index contributed by atoms with van der Waals surface area (Å²) in [6, 6.07) is 8.07. The number of esters is 1. The summed E-state index contributed by atoms with van der Waals surface area (Å²) in [5.41, 5.74) is 0.293. The molecular weight excluding hydrogens is 508 g/mol. The van der Waals surface area contributed by atoms with Crippen molar-refractivity contribution >= 4 is 16.9 Å². The molecule has 0 unspecified atom stereocenters. The first kappa shape index (κ1) is 28.6. The van der Waals surface area contributed by atoms with Crippen molar-refractivity contribution in [3.63, 3.8) is 0 Å². The zero-order valence-electron chi connectivity index (χ0n) is 23.3. The van der Waals surface area contributed by atoms with Crippen LogP contribution in [0.3, 0.4) is 0 Å². The van der Waals surface area contributed by atoms with Gasteiger partial charge in [0.1, 0.15) is 35.5 Å². The van der Waals surface area contributed by atoms with Crippen LogP contribution in [0.4, 0.5) is 0 Å². The Labute approximate surface area is 226 Å². The molecule has 212 valence electrons. The largest absolute Gasteiger partial charge is 0.491 e. The number of rotatable bonds is 9. The Morgan fingerprint density at radius 1 is 1.15 bits per heavy atom. The third-order valence-corrected chi connectivity index (χ3v) is 6.68. The van der Waals surface area contributed by atoms with E-state index in [0.29, 0.717) is 41.2 Å². The molecule has 39 heavy (non-hydrogen) atoms. The molecule has 1 aromatic carbocycles. The first-order valence-electron chi connectivity index (χ1n) is 12.7. The number of nitrogens with zero attached hydrogens (tertiary/aromatic N) is 1. The van der Waals surface area contributed by atoms with Crippen LogP contribution in [-0.4, -0.2) is 85.5 Å². The Kier molecular flexibility index (Phi) is 8.36. The fourth-order valence-corrected chi connectivity index (χ4v) is 4.64. The molecule has 11 heteroatoms. The summed E-state index contributed by atoms with van der Waals surface area (Å²) in [5, 5.41) is 11.9. The number of carbonyl (C=O) groups excluding carboxylic acids is 1. The minimum atomic E-state index is -1.40. The summed E-state index contributed by atoms with van der Waals surface area (Å²) in [7, 11) is 5.31. The molecular formula is C28H36N2O9. The summed E-state index contributed by atoms with van der Waals surface area (Å²) in [6.45, 7) is 8.12. The van der Waals surface area contributed by atoms with Gasteiger partial charge in [0.05, 0.1) is 17.1 Å². The molecule has 0 bridgehead atoms. The lowest BCUT2D eigenvalue weighted by atomic mass is 9.89. The number of H-pyrrole nitrogens is 1. The predicted octanol–water partition coefficient (Wildman–Crippen LogP) is 2.79. The molecule has 1 saturated heterocycles. The summed E-state index contributed by atoms with van der Waals surface area (Å²) in [4.78, 5) is 30.0. The zero-order valence-corrected chi connectivity index (χ0v) is 23.3. The van der Waals surface area contributed by atoms with Gasteiger partial charge in [-0.15, -0.1) is 0 Å². The summed E-state index contributed by atoms with van der Waals surface area (Å²) >= 11 is 0. The van der Waals surface area contributed by atoms with Gasteiger partial charge in [0.15, 0.2) is 12.2 Å². The van der Waals surface area contributed by atoms with E-state index in [2.05, 4.69) is 4.98 Å². The van der Waals surface area contributed by atoms with Gasteiger partial charge in [0, 0.05) is 24.9 Å². The molecule has 1 aliphatic heterocycles. The molecule has 2 aromatic heterocycles. The lowest BCUT2D eigenvalue weighted by molar-refractivity contribution is -0.305. The van der Waals surface area contributed by atoms with Crippen molar-refractivity contribution in [3.8, 4) is 11.5 Å². The van der Waals surface area contributed by atoms with Gasteiger partial charge in [-0.05, 0) is 66.1 Å². The summed E-state index contributed by atoms with van der Waals surface area (Å²) in [5.74, 6) is 0.0790. The number of aromatic nitrogens is 1. The number of hydrogen-bond acceptors (Lipinski definition) is 10. The normalized spacial score (nSPS) is 22.7. The van der Waals surface area contributed by atoms with Crippen LogP contribution in [-0.2, 0) is 14.2 Å². The Balaban J connectivity index is 1.61. The number of ether oxygens (including phenoxy) is 5. The van der Waals surface area contributed by atoms with E-state index in [4.69, 9.17) is 28.1 Å². The van der Waals surface area contributed by atoms with Crippen LogP contribution in [0, 0.1) is 13.8 Å². The molecule has 4 atom stereocenters. The van der Waals surface area contributed by atoms with E-state index in [9.17, 15) is 14.7 Å². The Hall–Kier alpha value is -3.38. The topological polar surface area (TPSA) is 133 Å². The van der Waals surface area contributed by atoms with Gasteiger partial charge in [0.25, 0.3) is 0 Å². The number of likely N-dealkylation sites (N-methyl/N-ethyl adjacent to an activating group) is 1. The minimum Gasteiger partial charge on any atom is -0.491 e. The number of aryl methyl sites for hydroxylation is 2. The third kappa shape index (κ3) is 6.11. The van der Waals surface area contributed by atoms with Gasteiger partial charge in [-0.1, -0.05) is 0 Å². The zero-order chi connectivity index (χ0) is 28.5. The van der Waals surface area contributed by atoms with Crippen molar-refractivity contribution in [1.82, 2.24) is 9.88 Å². The molecule has 3 heterocycles. The first-order chi connectivity index (χ1) is 18.4. The molecule has 11 nitrogen and oxygen atoms in total. The molecule has 1 aliphatic rings. The van der Waals surface area contributed by atoms with Gasteiger partial charge in [-0.3, -0.25) is 0 Å². The molecule has 4 rings (SSSR count). The van der Waals surface area contributed by atoms with Gasteiger partial charge in [0.2, 0.25) is 6.29 Å². The van der Waals surface area contributed by atoms with E-state index in [-0.39, 0.29) is 5.69 Å². The highest BCUT2D eigenvalue weighted by Gasteiger charge is 2.53. The van der Waals surface area contributed by atoms with Crippen LogP contribution in [0.15, 0.2) is 39.5 Å². The highest BCUT2D eigenvalue weighted by atomic mass is 16.7. The van der Waals surface area contributed by atoms with E-state index in [1.807, 2.05) is 25.9 Å². The van der Waals surface area contributed by atoms with Crippen molar-refractivity contribution in [1.29, 1.82) is 0 Å². The smallest absolute Gasteiger partial charge is 0.355 e. The third-order valence-electron chi connectivity index (χ3n) is 6.68. The van der Waals surface area contributed by atoms with E-state index in [0.717, 1.165) is 5.69 Å². The van der Waals surface area contributed by atoms with Gasteiger partial charge in [-0.2, -0.15) is 0 Å². The summed E-state index contributed by atoms with van der Waals surface area (Å²) in [6.07, 6.45) is -4.51. The summed E-state index contributed by atoms with van der Waals surface area (Å²) < 4.78 is 34.8. The second-order valence-electron chi connectivity index (χ2n) is 10.4. The van der Waals surface area contributed by atoms with Crippen molar-refractivity contribution < 1.29 is 38.0 Å². The quantitative estimate of drug-likeness (QED) is 0.306. The molecule has 0 aliphatic carbocycles. The van der Waals surface area contributed by atoms with E-state index >= 15 is 0 Å². The van der Waals surface area contributed by atoms with Crippen LogP contribution in [0.5, 0.6) is 11.5 Å². The van der Waals surface area contributed by atoms with Gasteiger partial charge >= 0.3 is 11.6 Å². The molecule has 0 amide bonds. The SMILES string of the molecule is CO[C@@H]1[C@@H](OC(=O)c2ccc(C)[nH]2)[C@@H](O)[C@H](Oc2ccc3c(OCCN(C)C)cc(=O)oc3c2C)OC1(C)C. The second kappa shape index (κ2) is 11.4. The fourth-order valence-electron chi connectivity index (χ4n) is 4.64. The predicted molar refractivity (Wildman–Crippen MR) is 142 cm³/mol. The van der Waals surface area contributed by atoms with Crippen LogP contribution in [0.2, 0.25) is 0 Å². The highest BCUT2D eigenvalue weighted by Crippen LogP contribution is 2.37. The van der Waals surface area contributed by atoms with Crippen molar-refractivity contribution in [2.45, 2.75) is 57.9 Å². The Morgan fingerprint density at radius 2 is 1.90 bits per heavy atom. The van der Waals surface area contributed by atoms with Gasteiger partial charge < -0.3 is 43.1 Å². The Morgan fingerprint density at radius 3 is 2.54 bits per heavy atom. The first-order valence-corrected chi connectivity index (χ1v) is 12.7. The molecule has 0 spiro atoms. The van der Waals surface area contributed by atoms with Gasteiger partial charge in [-0.25, -0.2) is 9.59 Å². The maximum Gasteiger partial charge on any atom is 0.355 e. The minimum absolute atomic E-state index is 0.250. The van der Waals surface area contributed by atoms with E-state index in [1.165, 1.54) is 13.2 Å². The van der Waals surface area contributed by atoms with Crippen LogP contribution in [0.25, 0.3) is 11.0 Å². The van der Waals surface area contributed by atoms with Crippen molar-refractivity contribution in [2.24, 2.45) is 0 Å². The number of aliphatic hydroxyl groups is 1. The van der Waals surface area contributed by atoms with Crippen LogP contribution < -0.4 is 15.1 Å². The number of fused-ring (bicyclic) bond motifs is 1. The fraction of sp³-hybridized carbons (Fsp3) is 0.500. The van der Waals surface area contributed by atoms with E-state index < -0.39 is 41.8 Å². The maximum atomic E-state index is 12.8. The van der Waals surface area contributed by atoms with Crippen molar-refractivity contribution in [2.75, 3.05) is 34.4 Å². The molecule has 0 saturated carbocycles. The second-order valence-corrected chi connectivity index (χ2v) is 10.4. The number of aromatic amines is 1. The number of carbonyl (C=O) groups is 1. The lowest BCUT2D eigenvalue weighted by Gasteiger charge is -2.47. The average molecular weight is 545 g/mol. The molecule has 0 radical (unpaired) electrons. The number of nitrogens with one attached hydrogen (secondary N) is 1.